The summed E-state index contributed by atoms with van der Waals surface area (Å²) >= 11 is 1.68. The maximum atomic E-state index is 11.9. The number of carbonyl (C=O) groups is 1. The van der Waals surface area contributed by atoms with Gasteiger partial charge in [0.25, 0.3) is 0 Å². The first kappa shape index (κ1) is 15.1. The van der Waals surface area contributed by atoms with Gasteiger partial charge in [0, 0.05) is 11.3 Å². The first-order valence-corrected chi connectivity index (χ1v) is 7.32. The molecule has 0 spiro atoms. The SMILES string of the molecule is Cc1ccccc1CSC(C)C(=O)NC(C)(C)C. The Balaban J connectivity index is 2.49. The van der Waals surface area contributed by atoms with Gasteiger partial charge in [0.1, 0.15) is 0 Å². The van der Waals surface area contributed by atoms with Gasteiger partial charge in [-0.1, -0.05) is 24.3 Å². The molecule has 0 aliphatic heterocycles. The van der Waals surface area contributed by atoms with Crippen LogP contribution in [0, 0.1) is 6.92 Å². The first-order valence-electron chi connectivity index (χ1n) is 6.28. The maximum absolute atomic E-state index is 11.9. The van der Waals surface area contributed by atoms with Crippen LogP contribution < -0.4 is 5.32 Å². The van der Waals surface area contributed by atoms with Crippen LogP contribution in [-0.4, -0.2) is 16.7 Å². The van der Waals surface area contributed by atoms with Crippen molar-refractivity contribution in [3.63, 3.8) is 0 Å². The predicted molar refractivity (Wildman–Crippen MR) is 79.8 cm³/mol. The van der Waals surface area contributed by atoms with Crippen LogP contribution in [0.2, 0.25) is 0 Å². The molecule has 0 saturated heterocycles. The molecule has 1 amide bonds. The van der Waals surface area contributed by atoms with Gasteiger partial charge in [0.15, 0.2) is 0 Å². The first-order chi connectivity index (χ1) is 8.29. The standard InChI is InChI=1S/C15H23NOS/c1-11-8-6-7-9-13(11)10-18-12(2)14(17)16-15(3,4)5/h6-9,12H,10H2,1-5H3,(H,16,17). The highest BCUT2D eigenvalue weighted by atomic mass is 32.2. The lowest BCUT2D eigenvalue weighted by atomic mass is 10.1. The Morgan fingerprint density at radius 2 is 1.94 bits per heavy atom. The Kier molecular flexibility index (Phi) is 5.27. The Bertz CT molecular complexity index is 409. The van der Waals surface area contributed by atoms with Crippen molar-refractivity contribution >= 4 is 17.7 Å². The molecule has 1 atom stereocenters. The minimum atomic E-state index is -0.158. The number of rotatable bonds is 4. The van der Waals surface area contributed by atoms with Gasteiger partial charge in [-0.2, -0.15) is 0 Å². The summed E-state index contributed by atoms with van der Waals surface area (Å²) < 4.78 is 0. The Morgan fingerprint density at radius 3 is 2.50 bits per heavy atom. The minimum Gasteiger partial charge on any atom is -0.351 e. The number of aryl methyl sites for hydroxylation is 1. The van der Waals surface area contributed by atoms with Gasteiger partial charge in [-0.25, -0.2) is 0 Å². The van der Waals surface area contributed by atoms with Crippen LogP contribution in [0.5, 0.6) is 0 Å². The van der Waals surface area contributed by atoms with Crippen LogP contribution in [0.3, 0.4) is 0 Å². The Labute approximate surface area is 115 Å². The fraction of sp³-hybridized carbons (Fsp3) is 0.533. The molecule has 0 aromatic heterocycles. The summed E-state index contributed by atoms with van der Waals surface area (Å²) in [6.07, 6.45) is 0. The zero-order valence-corrected chi connectivity index (χ0v) is 12.7. The normalized spacial score (nSPS) is 13.2. The summed E-state index contributed by atoms with van der Waals surface area (Å²) in [6.45, 7) is 10.1. The van der Waals surface area contributed by atoms with Gasteiger partial charge in [0.05, 0.1) is 5.25 Å². The van der Waals surface area contributed by atoms with E-state index in [1.807, 2.05) is 39.8 Å². The molecular formula is C15H23NOS. The van der Waals surface area contributed by atoms with Gasteiger partial charge in [0.2, 0.25) is 5.91 Å². The lowest BCUT2D eigenvalue weighted by Gasteiger charge is -2.23. The van der Waals surface area contributed by atoms with Gasteiger partial charge in [-0.15, -0.1) is 11.8 Å². The van der Waals surface area contributed by atoms with Gasteiger partial charge in [-0.3, -0.25) is 4.79 Å². The summed E-state index contributed by atoms with van der Waals surface area (Å²) in [5.74, 6) is 0.992. The number of hydrogen-bond acceptors (Lipinski definition) is 2. The Hall–Kier alpha value is -0.960. The zero-order chi connectivity index (χ0) is 13.8. The van der Waals surface area contributed by atoms with Crippen LogP contribution in [0.15, 0.2) is 24.3 Å². The monoisotopic (exact) mass is 265 g/mol. The topological polar surface area (TPSA) is 29.1 Å². The fourth-order valence-corrected chi connectivity index (χ4v) is 2.50. The van der Waals surface area contributed by atoms with E-state index in [1.165, 1.54) is 11.1 Å². The highest BCUT2D eigenvalue weighted by Crippen LogP contribution is 2.20. The maximum Gasteiger partial charge on any atom is 0.233 e. The van der Waals surface area contributed by atoms with Crippen LogP contribution >= 0.6 is 11.8 Å². The lowest BCUT2D eigenvalue weighted by Crippen LogP contribution is -2.44. The lowest BCUT2D eigenvalue weighted by molar-refractivity contribution is -0.121. The average molecular weight is 265 g/mol. The van der Waals surface area contributed by atoms with E-state index in [9.17, 15) is 4.79 Å². The van der Waals surface area contributed by atoms with Crippen molar-refractivity contribution in [2.75, 3.05) is 0 Å². The second kappa shape index (κ2) is 6.28. The van der Waals surface area contributed by atoms with Gasteiger partial charge < -0.3 is 5.32 Å². The van der Waals surface area contributed by atoms with Crippen molar-refractivity contribution in [1.29, 1.82) is 0 Å². The number of benzene rings is 1. The second-order valence-corrected chi connectivity index (χ2v) is 6.95. The highest BCUT2D eigenvalue weighted by molar-refractivity contribution is 7.99. The summed E-state index contributed by atoms with van der Waals surface area (Å²) in [4.78, 5) is 11.9. The molecule has 0 heterocycles. The van der Waals surface area contributed by atoms with Gasteiger partial charge >= 0.3 is 0 Å². The molecule has 1 aromatic carbocycles. The number of nitrogens with one attached hydrogen (secondary N) is 1. The number of carbonyl (C=O) groups excluding carboxylic acids is 1. The van der Waals surface area contributed by atoms with Crippen LogP contribution in [0.4, 0.5) is 0 Å². The Morgan fingerprint density at radius 1 is 1.33 bits per heavy atom. The molecule has 1 rings (SSSR count). The van der Waals surface area contributed by atoms with E-state index >= 15 is 0 Å². The largest absolute Gasteiger partial charge is 0.351 e. The molecule has 0 aliphatic rings. The molecule has 1 N–H and O–H groups in total. The second-order valence-electron chi connectivity index (χ2n) is 5.62. The molecule has 100 valence electrons. The third-order valence-corrected chi connectivity index (χ3v) is 3.81. The number of amides is 1. The van der Waals surface area contributed by atoms with E-state index in [1.54, 1.807) is 11.8 Å². The number of hydrogen-bond donors (Lipinski definition) is 1. The number of thioether (sulfide) groups is 1. The van der Waals surface area contributed by atoms with E-state index in [0.29, 0.717) is 0 Å². The van der Waals surface area contributed by atoms with Crippen LogP contribution in [-0.2, 0) is 10.5 Å². The van der Waals surface area contributed by atoms with Crippen LogP contribution in [0.25, 0.3) is 0 Å². The summed E-state index contributed by atoms with van der Waals surface area (Å²) in [5.41, 5.74) is 2.43. The predicted octanol–water partition coefficient (Wildman–Crippen LogP) is 3.53. The third kappa shape index (κ3) is 5.13. The summed E-state index contributed by atoms with van der Waals surface area (Å²) in [7, 11) is 0. The molecular weight excluding hydrogens is 242 g/mol. The minimum absolute atomic E-state index is 0.0242. The zero-order valence-electron chi connectivity index (χ0n) is 11.9. The third-order valence-electron chi connectivity index (χ3n) is 2.62. The highest BCUT2D eigenvalue weighted by Gasteiger charge is 2.19. The van der Waals surface area contributed by atoms with Crippen molar-refractivity contribution in [3.8, 4) is 0 Å². The summed E-state index contributed by atoms with van der Waals surface area (Å²) in [6, 6.07) is 8.31. The molecule has 1 aromatic rings. The van der Waals surface area contributed by atoms with E-state index < -0.39 is 0 Å². The molecule has 0 bridgehead atoms. The summed E-state index contributed by atoms with van der Waals surface area (Å²) in [5, 5.41) is 2.99. The van der Waals surface area contributed by atoms with Crippen molar-refractivity contribution in [3.05, 3.63) is 35.4 Å². The average Bonchev–Trinajstić information content (AvgIpc) is 2.25. The quantitative estimate of drug-likeness (QED) is 0.902. The molecule has 2 nitrogen and oxygen atoms in total. The van der Waals surface area contributed by atoms with E-state index in [-0.39, 0.29) is 16.7 Å². The molecule has 3 heteroatoms. The molecule has 0 saturated carbocycles. The molecule has 18 heavy (non-hydrogen) atoms. The van der Waals surface area contributed by atoms with Crippen LogP contribution in [0.1, 0.15) is 38.8 Å². The van der Waals surface area contributed by atoms with Crippen molar-refractivity contribution < 1.29 is 4.79 Å². The van der Waals surface area contributed by atoms with Crippen molar-refractivity contribution in [2.24, 2.45) is 0 Å². The molecule has 1 unspecified atom stereocenters. The van der Waals surface area contributed by atoms with Crippen molar-refractivity contribution in [2.45, 2.75) is 51.2 Å². The van der Waals surface area contributed by atoms with E-state index in [4.69, 9.17) is 0 Å². The smallest absolute Gasteiger partial charge is 0.233 e. The molecule has 0 aliphatic carbocycles. The van der Waals surface area contributed by atoms with E-state index in [0.717, 1.165) is 5.75 Å². The van der Waals surface area contributed by atoms with E-state index in [2.05, 4.69) is 24.4 Å². The van der Waals surface area contributed by atoms with Gasteiger partial charge in [-0.05, 0) is 45.7 Å². The molecule has 0 radical (unpaired) electrons. The molecule has 0 fully saturated rings. The van der Waals surface area contributed by atoms with Crippen molar-refractivity contribution in [1.82, 2.24) is 5.32 Å². The fourth-order valence-electron chi connectivity index (χ4n) is 1.53.